The average molecular weight is 290 g/mol. The molecule has 1 saturated heterocycles. The van der Waals surface area contributed by atoms with Crippen LogP contribution in [0.15, 0.2) is 18.2 Å². The van der Waals surface area contributed by atoms with Crippen molar-refractivity contribution in [2.75, 3.05) is 27.4 Å². The largest absolute Gasteiger partial charge is 0.496 e. The smallest absolute Gasteiger partial charge is 0.123 e. The van der Waals surface area contributed by atoms with Crippen molar-refractivity contribution in [3.63, 3.8) is 0 Å². The van der Waals surface area contributed by atoms with E-state index in [1.165, 1.54) is 24.0 Å². The van der Waals surface area contributed by atoms with Crippen LogP contribution in [-0.4, -0.2) is 44.4 Å². The first-order valence-corrected chi connectivity index (χ1v) is 7.93. The summed E-state index contributed by atoms with van der Waals surface area (Å²) in [6, 6.07) is 7.81. The zero-order valence-electron chi connectivity index (χ0n) is 13.1. The van der Waals surface area contributed by atoms with Gasteiger partial charge in [-0.1, -0.05) is 6.07 Å². The molecule has 1 aromatic carbocycles. The van der Waals surface area contributed by atoms with Crippen molar-refractivity contribution in [2.45, 2.75) is 44.4 Å². The Hall–Kier alpha value is -1.10. The number of benzene rings is 1. The second kappa shape index (κ2) is 6.77. The molecule has 0 spiro atoms. The van der Waals surface area contributed by atoms with E-state index in [0.717, 1.165) is 44.5 Å². The van der Waals surface area contributed by atoms with Crippen molar-refractivity contribution in [1.29, 1.82) is 0 Å². The van der Waals surface area contributed by atoms with E-state index in [1.807, 2.05) is 0 Å². The number of likely N-dealkylation sites (N-methyl/N-ethyl adjacent to an activating group) is 1. The molecular weight excluding hydrogens is 264 g/mol. The van der Waals surface area contributed by atoms with Crippen molar-refractivity contribution in [2.24, 2.45) is 0 Å². The molecule has 21 heavy (non-hydrogen) atoms. The van der Waals surface area contributed by atoms with Crippen LogP contribution in [0.3, 0.4) is 0 Å². The molecule has 1 saturated carbocycles. The summed E-state index contributed by atoms with van der Waals surface area (Å²) in [5.41, 5.74) is 2.61. The molecule has 2 aliphatic rings. The summed E-state index contributed by atoms with van der Waals surface area (Å²) in [7, 11) is 3.92. The van der Waals surface area contributed by atoms with E-state index in [9.17, 15) is 0 Å². The van der Waals surface area contributed by atoms with E-state index in [1.54, 1.807) is 7.11 Å². The molecule has 1 atom stereocenters. The molecule has 0 bridgehead atoms. The topological polar surface area (TPSA) is 33.7 Å². The number of nitrogens with zero attached hydrogens (tertiary/aromatic N) is 1. The van der Waals surface area contributed by atoms with Crippen molar-refractivity contribution < 1.29 is 9.47 Å². The molecular formula is C17H26N2O2. The van der Waals surface area contributed by atoms with Gasteiger partial charge in [0.15, 0.2) is 0 Å². The number of methoxy groups -OCH3 is 1. The molecule has 116 valence electrons. The van der Waals surface area contributed by atoms with E-state index in [2.05, 4.69) is 35.5 Å². The van der Waals surface area contributed by atoms with Gasteiger partial charge in [0.05, 0.1) is 13.7 Å². The molecule has 0 amide bonds. The fraction of sp³-hybridized carbons (Fsp3) is 0.647. The maximum Gasteiger partial charge on any atom is 0.123 e. The van der Waals surface area contributed by atoms with Gasteiger partial charge in [-0.3, -0.25) is 4.90 Å². The van der Waals surface area contributed by atoms with Crippen LogP contribution in [0.2, 0.25) is 0 Å². The Morgan fingerprint density at radius 3 is 2.86 bits per heavy atom. The minimum atomic E-state index is 0.531. The summed E-state index contributed by atoms with van der Waals surface area (Å²) in [5.74, 6) is 0.982. The molecule has 1 aliphatic heterocycles. The number of nitrogens with one attached hydrogen (secondary N) is 1. The molecule has 1 heterocycles. The van der Waals surface area contributed by atoms with E-state index < -0.39 is 0 Å². The first kappa shape index (κ1) is 14.8. The lowest BCUT2D eigenvalue weighted by atomic mass is 10.1. The highest BCUT2D eigenvalue weighted by Crippen LogP contribution is 2.24. The fourth-order valence-electron chi connectivity index (χ4n) is 2.88. The van der Waals surface area contributed by atoms with Crippen molar-refractivity contribution >= 4 is 0 Å². The van der Waals surface area contributed by atoms with Crippen LogP contribution >= 0.6 is 0 Å². The molecule has 3 rings (SSSR count). The minimum Gasteiger partial charge on any atom is -0.496 e. The lowest BCUT2D eigenvalue weighted by molar-refractivity contribution is 0.156. The summed E-state index contributed by atoms with van der Waals surface area (Å²) in [4.78, 5) is 2.38. The van der Waals surface area contributed by atoms with Gasteiger partial charge < -0.3 is 14.8 Å². The van der Waals surface area contributed by atoms with Crippen molar-refractivity contribution in [3.8, 4) is 5.75 Å². The maximum atomic E-state index is 5.52. The van der Waals surface area contributed by atoms with Crippen LogP contribution in [0.5, 0.6) is 5.75 Å². The number of hydrogen-bond donors (Lipinski definition) is 1. The monoisotopic (exact) mass is 290 g/mol. The lowest BCUT2D eigenvalue weighted by Gasteiger charge is -2.24. The normalized spacial score (nSPS) is 22.0. The van der Waals surface area contributed by atoms with Gasteiger partial charge in [-0.15, -0.1) is 0 Å². The highest BCUT2D eigenvalue weighted by molar-refractivity contribution is 5.37. The van der Waals surface area contributed by atoms with Gasteiger partial charge in [-0.25, -0.2) is 0 Å². The van der Waals surface area contributed by atoms with Crippen LogP contribution in [-0.2, 0) is 17.8 Å². The highest BCUT2D eigenvalue weighted by atomic mass is 16.5. The summed E-state index contributed by atoms with van der Waals surface area (Å²) in [6.07, 6.45) is 3.78. The maximum absolute atomic E-state index is 5.52. The van der Waals surface area contributed by atoms with E-state index in [0.29, 0.717) is 6.04 Å². The van der Waals surface area contributed by atoms with Crippen LogP contribution in [0.1, 0.15) is 30.4 Å². The average Bonchev–Trinajstić information content (AvgIpc) is 3.16. The lowest BCUT2D eigenvalue weighted by Crippen LogP contribution is -2.31. The first-order chi connectivity index (χ1) is 10.3. The van der Waals surface area contributed by atoms with E-state index >= 15 is 0 Å². The second-order valence-electron chi connectivity index (χ2n) is 6.23. The molecule has 0 aromatic heterocycles. The van der Waals surface area contributed by atoms with Crippen LogP contribution in [0, 0.1) is 0 Å². The standard InChI is InChI=1S/C17H26N2O2/c1-19(16-7-8-21-12-16)11-14-9-13(3-6-17(14)20-2)10-18-15-4-5-15/h3,6,9,15-16,18H,4-5,7-8,10-12H2,1-2H3. The predicted molar refractivity (Wildman–Crippen MR) is 83.5 cm³/mol. The van der Waals surface area contributed by atoms with Gasteiger partial charge in [0.25, 0.3) is 0 Å². The zero-order valence-corrected chi connectivity index (χ0v) is 13.1. The molecule has 1 unspecified atom stereocenters. The van der Waals surface area contributed by atoms with Gasteiger partial charge in [0.2, 0.25) is 0 Å². The Bertz CT molecular complexity index is 468. The minimum absolute atomic E-state index is 0.531. The van der Waals surface area contributed by atoms with Crippen LogP contribution in [0.4, 0.5) is 0 Å². The summed E-state index contributed by atoms with van der Waals surface area (Å²) >= 11 is 0. The molecule has 4 heteroatoms. The quantitative estimate of drug-likeness (QED) is 0.834. The fourth-order valence-corrected chi connectivity index (χ4v) is 2.88. The Morgan fingerprint density at radius 1 is 1.33 bits per heavy atom. The summed E-state index contributed by atoms with van der Waals surface area (Å²) in [5, 5.41) is 3.57. The Balaban J connectivity index is 1.66. The van der Waals surface area contributed by atoms with E-state index in [-0.39, 0.29) is 0 Å². The van der Waals surface area contributed by atoms with Gasteiger partial charge in [-0.05, 0) is 44.0 Å². The third-order valence-corrected chi connectivity index (χ3v) is 4.47. The van der Waals surface area contributed by atoms with Crippen molar-refractivity contribution in [1.82, 2.24) is 10.2 Å². The van der Waals surface area contributed by atoms with Crippen LogP contribution in [0.25, 0.3) is 0 Å². The van der Waals surface area contributed by atoms with E-state index in [4.69, 9.17) is 9.47 Å². The van der Waals surface area contributed by atoms with Gasteiger partial charge >= 0.3 is 0 Å². The summed E-state index contributed by atoms with van der Waals surface area (Å²) < 4.78 is 11.0. The second-order valence-corrected chi connectivity index (χ2v) is 6.23. The molecule has 1 aliphatic carbocycles. The number of ether oxygens (including phenoxy) is 2. The molecule has 0 radical (unpaired) electrons. The molecule has 2 fully saturated rings. The number of rotatable bonds is 7. The third kappa shape index (κ3) is 3.96. The zero-order chi connectivity index (χ0) is 14.7. The van der Waals surface area contributed by atoms with Crippen molar-refractivity contribution in [3.05, 3.63) is 29.3 Å². The third-order valence-electron chi connectivity index (χ3n) is 4.47. The Morgan fingerprint density at radius 2 is 2.19 bits per heavy atom. The van der Waals surface area contributed by atoms with Gasteiger partial charge in [0.1, 0.15) is 5.75 Å². The first-order valence-electron chi connectivity index (χ1n) is 7.93. The van der Waals surface area contributed by atoms with Gasteiger partial charge in [-0.2, -0.15) is 0 Å². The Labute approximate surface area is 127 Å². The predicted octanol–water partition coefficient (Wildman–Crippen LogP) is 2.17. The summed E-state index contributed by atoms with van der Waals surface area (Å²) in [6.45, 7) is 3.60. The highest BCUT2D eigenvalue weighted by Gasteiger charge is 2.22. The Kier molecular flexibility index (Phi) is 4.78. The SMILES string of the molecule is COc1ccc(CNC2CC2)cc1CN(C)C1CCOC1. The molecule has 4 nitrogen and oxygen atoms in total. The van der Waals surface area contributed by atoms with Gasteiger partial charge in [0, 0.05) is 37.3 Å². The van der Waals surface area contributed by atoms with Crippen LogP contribution < -0.4 is 10.1 Å². The number of hydrogen-bond acceptors (Lipinski definition) is 4. The molecule has 1 N–H and O–H groups in total. The molecule has 1 aromatic rings.